The standard InChI is InChI=1S/C16H20N2O2S/c1-19-12-7-8-15(20-2)13(9-12)14-10-21-16(18-14)17-11-5-3-4-6-11/h7-11H,3-6H2,1-2H3,(H,17,18). The number of anilines is 1. The highest BCUT2D eigenvalue weighted by atomic mass is 32.1. The summed E-state index contributed by atoms with van der Waals surface area (Å²) >= 11 is 1.65. The molecule has 0 saturated heterocycles. The topological polar surface area (TPSA) is 43.4 Å². The van der Waals surface area contributed by atoms with Gasteiger partial charge in [-0.1, -0.05) is 12.8 Å². The monoisotopic (exact) mass is 304 g/mol. The van der Waals surface area contributed by atoms with Crippen molar-refractivity contribution in [3.63, 3.8) is 0 Å². The van der Waals surface area contributed by atoms with E-state index in [9.17, 15) is 0 Å². The normalized spacial score (nSPS) is 15.1. The molecule has 1 saturated carbocycles. The van der Waals surface area contributed by atoms with Gasteiger partial charge in [0.1, 0.15) is 11.5 Å². The number of aromatic nitrogens is 1. The number of rotatable bonds is 5. The molecule has 0 amide bonds. The van der Waals surface area contributed by atoms with E-state index in [-0.39, 0.29) is 0 Å². The van der Waals surface area contributed by atoms with Gasteiger partial charge in [-0.2, -0.15) is 0 Å². The quantitative estimate of drug-likeness (QED) is 0.900. The lowest BCUT2D eigenvalue weighted by molar-refractivity contribution is 0.404. The van der Waals surface area contributed by atoms with Crippen LogP contribution in [0.4, 0.5) is 5.13 Å². The van der Waals surface area contributed by atoms with E-state index < -0.39 is 0 Å². The zero-order chi connectivity index (χ0) is 14.7. The number of benzene rings is 1. The third kappa shape index (κ3) is 3.13. The highest BCUT2D eigenvalue weighted by Crippen LogP contribution is 2.35. The van der Waals surface area contributed by atoms with Gasteiger partial charge in [0.15, 0.2) is 5.13 Å². The summed E-state index contributed by atoms with van der Waals surface area (Å²) in [5.74, 6) is 1.62. The Bertz CT molecular complexity index is 606. The maximum Gasteiger partial charge on any atom is 0.183 e. The van der Waals surface area contributed by atoms with Crippen molar-refractivity contribution in [2.75, 3.05) is 19.5 Å². The van der Waals surface area contributed by atoms with Gasteiger partial charge in [-0.3, -0.25) is 0 Å². The van der Waals surface area contributed by atoms with Crippen LogP contribution in [0.15, 0.2) is 23.6 Å². The molecular weight excluding hydrogens is 284 g/mol. The highest BCUT2D eigenvalue weighted by Gasteiger charge is 2.17. The SMILES string of the molecule is COc1ccc(OC)c(-c2csc(NC3CCCC3)n2)c1. The van der Waals surface area contributed by atoms with Crippen LogP contribution in [-0.4, -0.2) is 25.2 Å². The van der Waals surface area contributed by atoms with Gasteiger partial charge >= 0.3 is 0 Å². The highest BCUT2D eigenvalue weighted by molar-refractivity contribution is 7.14. The van der Waals surface area contributed by atoms with Gasteiger partial charge in [-0.15, -0.1) is 11.3 Å². The average molecular weight is 304 g/mol. The van der Waals surface area contributed by atoms with Crippen molar-refractivity contribution in [2.45, 2.75) is 31.7 Å². The molecule has 0 spiro atoms. The van der Waals surface area contributed by atoms with Crippen LogP contribution in [0.3, 0.4) is 0 Å². The molecule has 1 aliphatic rings. The van der Waals surface area contributed by atoms with E-state index in [1.807, 2.05) is 18.2 Å². The zero-order valence-electron chi connectivity index (χ0n) is 12.4. The number of hydrogen-bond donors (Lipinski definition) is 1. The predicted octanol–water partition coefficient (Wildman–Crippen LogP) is 4.18. The predicted molar refractivity (Wildman–Crippen MR) is 86.5 cm³/mol. The van der Waals surface area contributed by atoms with Crippen LogP contribution in [-0.2, 0) is 0 Å². The summed E-state index contributed by atoms with van der Waals surface area (Å²) < 4.78 is 10.7. The Kier molecular flexibility index (Phi) is 4.29. The Morgan fingerprint density at radius 3 is 2.71 bits per heavy atom. The van der Waals surface area contributed by atoms with Crippen molar-refractivity contribution in [1.29, 1.82) is 0 Å². The maximum absolute atomic E-state index is 5.43. The molecule has 112 valence electrons. The number of ether oxygens (including phenoxy) is 2. The van der Waals surface area contributed by atoms with Gasteiger partial charge < -0.3 is 14.8 Å². The fourth-order valence-corrected chi connectivity index (χ4v) is 3.51. The van der Waals surface area contributed by atoms with Gasteiger partial charge in [-0.05, 0) is 31.0 Å². The Balaban J connectivity index is 1.84. The third-order valence-electron chi connectivity index (χ3n) is 3.87. The molecule has 2 aromatic rings. The van der Waals surface area contributed by atoms with E-state index in [1.165, 1.54) is 25.7 Å². The van der Waals surface area contributed by atoms with Gasteiger partial charge in [0, 0.05) is 17.0 Å². The molecule has 1 aliphatic carbocycles. The number of hydrogen-bond acceptors (Lipinski definition) is 5. The largest absolute Gasteiger partial charge is 0.497 e. The van der Waals surface area contributed by atoms with Crippen molar-refractivity contribution < 1.29 is 9.47 Å². The van der Waals surface area contributed by atoms with Crippen LogP contribution in [0.2, 0.25) is 0 Å². The molecule has 0 bridgehead atoms. The summed E-state index contributed by atoms with van der Waals surface area (Å²) in [4.78, 5) is 4.70. The number of nitrogens with zero attached hydrogens (tertiary/aromatic N) is 1. The second kappa shape index (κ2) is 6.35. The molecule has 1 heterocycles. The van der Waals surface area contributed by atoms with Crippen LogP contribution in [0, 0.1) is 0 Å². The molecule has 21 heavy (non-hydrogen) atoms. The number of thiazole rings is 1. The van der Waals surface area contributed by atoms with Crippen LogP contribution in [0.1, 0.15) is 25.7 Å². The van der Waals surface area contributed by atoms with Crippen LogP contribution >= 0.6 is 11.3 Å². The molecule has 5 heteroatoms. The second-order valence-corrected chi connectivity index (χ2v) is 6.09. The summed E-state index contributed by atoms with van der Waals surface area (Å²) in [6.07, 6.45) is 5.13. The lowest BCUT2D eigenvalue weighted by atomic mass is 10.1. The van der Waals surface area contributed by atoms with Crippen LogP contribution in [0.5, 0.6) is 11.5 Å². The molecule has 0 unspecified atom stereocenters. The smallest absolute Gasteiger partial charge is 0.183 e. The number of nitrogens with one attached hydrogen (secondary N) is 1. The molecule has 1 aromatic carbocycles. The first kappa shape index (κ1) is 14.2. The van der Waals surface area contributed by atoms with Crippen molar-refractivity contribution >= 4 is 16.5 Å². The van der Waals surface area contributed by atoms with Gasteiger partial charge in [0.25, 0.3) is 0 Å². The summed E-state index contributed by atoms with van der Waals surface area (Å²) in [6, 6.07) is 6.35. The molecular formula is C16H20N2O2S. The fraction of sp³-hybridized carbons (Fsp3) is 0.438. The van der Waals surface area contributed by atoms with Crippen LogP contribution in [0.25, 0.3) is 11.3 Å². The molecule has 1 fully saturated rings. The van der Waals surface area contributed by atoms with E-state index in [2.05, 4.69) is 10.7 Å². The van der Waals surface area contributed by atoms with Crippen molar-refractivity contribution in [3.05, 3.63) is 23.6 Å². The third-order valence-corrected chi connectivity index (χ3v) is 4.64. The lowest BCUT2D eigenvalue weighted by Crippen LogP contribution is -2.14. The number of methoxy groups -OCH3 is 2. The minimum atomic E-state index is 0.580. The Labute approximate surface area is 129 Å². The first-order valence-corrected chi connectivity index (χ1v) is 8.12. The van der Waals surface area contributed by atoms with Gasteiger partial charge in [0.2, 0.25) is 0 Å². The van der Waals surface area contributed by atoms with Crippen LogP contribution < -0.4 is 14.8 Å². The molecule has 4 nitrogen and oxygen atoms in total. The summed E-state index contributed by atoms with van der Waals surface area (Å²) in [5, 5.41) is 6.58. The molecule has 1 N–H and O–H groups in total. The minimum absolute atomic E-state index is 0.580. The second-order valence-electron chi connectivity index (χ2n) is 5.23. The van der Waals surface area contributed by atoms with Gasteiger partial charge in [0.05, 0.1) is 19.9 Å². The summed E-state index contributed by atoms with van der Waals surface area (Å²) in [5.41, 5.74) is 1.89. The minimum Gasteiger partial charge on any atom is -0.497 e. The molecule has 3 rings (SSSR count). The van der Waals surface area contributed by atoms with Gasteiger partial charge in [-0.25, -0.2) is 4.98 Å². The molecule has 0 atom stereocenters. The first-order valence-electron chi connectivity index (χ1n) is 7.24. The average Bonchev–Trinajstić information content (AvgIpc) is 3.19. The molecule has 0 aliphatic heterocycles. The van der Waals surface area contributed by atoms with Crippen molar-refractivity contribution in [3.8, 4) is 22.8 Å². The Morgan fingerprint density at radius 2 is 2.00 bits per heavy atom. The van der Waals surface area contributed by atoms with E-state index in [4.69, 9.17) is 14.5 Å². The maximum atomic E-state index is 5.43. The summed E-state index contributed by atoms with van der Waals surface area (Å²) in [6.45, 7) is 0. The fourth-order valence-electron chi connectivity index (χ4n) is 2.72. The van der Waals surface area contributed by atoms with Crippen molar-refractivity contribution in [1.82, 2.24) is 4.98 Å². The van der Waals surface area contributed by atoms with E-state index in [0.717, 1.165) is 27.9 Å². The van der Waals surface area contributed by atoms with Crippen molar-refractivity contribution in [2.24, 2.45) is 0 Å². The zero-order valence-corrected chi connectivity index (χ0v) is 13.2. The van der Waals surface area contributed by atoms with E-state index >= 15 is 0 Å². The van der Waals surface area contributed by atoms with E-state index in [0.29, 0.717) is 6.04 Å². The van der Waals surface area contributed by atoms with E-state index in [1.54, 1.807) is 25.6 Å². The first-order chi connectivity index (χ1) is 10.3. The lowest BCUT2D eigenvalue weighted by Gasteiger charge is -2.10. The summed E-state index contributed by atoms with van der Waals surface area (Å²) in [7, 11) is 3.34. The Morgan fingerprint density at radius 1 is 1.19 bits per heavy atom. The molecule has 0 radical (unpaired) electrons. The molecule has 1 aromatic heterocycles. The Hall–Kier alpha value is -1.75.